The molecule has 27 heavy (non-hydrogen) atoms. The van der Waals surface area contributed by atoms with E-state index in [0.29, 0.717) is 17.9 Å². The van der Waals surface area contributed by atoms with E-state index in [1.165, 1.54) is 25.5 Å². The number of anilines is 1. The Morgan fingerprint density at radius 1 is 1.15 bits per heavy atom. The van der Waals surface area contributed by atoms with Crippen LogP contribution in [0.1, 0.15) is 35.2 Å². The lowest BCUT2D eigenvalue weighted by Gasteiger charge is -2.30. The number of aryl methyl sites for hydroxylation is 1. The summed E-state index contributed by atoms with van der Waals surface area (Å²) in [6.07, 6.45) is 5.04. The van der Waals surface area contributed by atoms with Gasteiger partial charge in [-0.3, -0.25) is 9.59 Å². The third-order valence-corrected chi connectivity index (χ3v) is 4.76. The van der Waals surface area contributed by atoms with Crippen LogP contribution in [0.15, 0.2) is 41.1 Å². The maximum atomic E-state index is 13.0. The molecular weight excluding hydrogens is 344 g/mol. The number of hydrogen-bond donors (Lipinski definition) is 1. The SMILES string of the molecule is Cc1ccc(C(=O)N(CCN2CCCCC2)CC(=O)Nc2ccon2)cc1. The number of hydrogen-bond acceptors (Lipinski definition) is 5. The summed E-state index contributed by atoms with van der Waals surface area (Å²) in [4.78, 5) is 29.3. The zero-order valence-corrected chi connectivity index (χ0v) is 15.7. The van der Waals surface area contributed by atoms with Crippen molar-refractivity contribution in [2.45, 2.75) is 26.2 Å². The van der Waals surface area contributed by atoms with Crippen LogP contribution in [-0.2, 0) is 4.79 Å². The van der Waals surface area contributed by atoms with E-state index in [4.69, 9.17) is 4.52 Å². The van der Waals surface area contributed by atoms with E-state index in [9.17, 15) is 9.59 Å². The lowest BCUT2D eigenvalue weighted by molar-refractivity contribution is -0.117. The molecule has 0 bridgehead atoms. The smallest absolute Gasteiger partial charge is 0.254 e. The monoisotopic (exact) mass is 370 g/mol. The topological polar surface area (TPSA) is 78.7 Å². The maximum Gasteiger partial charge on any atom is 0.254 e. The van der Waals surface area contributed by atoms with Crippen LogP contribution in [-0.4, -0.2) is 59.5 Å². The number of amides is 2. The first-order chi connectivity index (χ1) is 13.1. The summed E-state index contributed by atoms with van der Waals surface area (Å²) in [5.41, 5.74) is 1.68. The van der Waals surface area contributed by atoms with Crippen LogP contribution in [0.3, 0.4) is 0 Å². The van der Waals surface area contributed by atoms with Crippen molar-refractivity contribution in [3.63, 3.8) is 0 Å². The van der Waals surface area contributed by atoms with Gasteiger partial charge in [0.25, 0.3) is 5.91 Å². The Labute approximate surface area is 159 Å². The summed E-state index contributed by atoms with van der Waals surface area (Å²) in [5.74, 6) is -0.0796. The van der Waals surface area contributed by atoms with Crippen molar-refractivity contribution < 1.29 is 14.1 Å². The molecule has 7 heteroatoms. The molecular formula is C20H26N4O3. The van der Waals surface area contributed by atoms with Crippen molar-refractivity contribution in [1.29, 1.82) is 0 Å². The van der Waals surface area contributed by atoms with E-state index >= 15 is 0 Å². The molecule has 1 N–H and O–H groups in total. The lowest BCUT2D eigenvalue weighted by atomic mass is 10.1. The zero-order chi connectivity index (χ0) is 19.1. The average Bonchev–Trinajstić information content (AvgIpc) is 3.19. The van der Waals surface area contributed by atoms with E-state index in [-0.39, 0.29) is 18.4 Å². The maximum absolute atomic E-state index is 13.0. The summed E-state index contributed by atoms with van der Waals surface area (Å²) in [7, 11) is 0. The molecule has 0 unspecified atom stereocenters. The molecule has 3 rings (SSSR count). The number of nitrogens with one attached hydrogen (secondary N) is 1. The van der Waals surface area contributed by atoms with Crippen LogP contribution in [0.2, 0.25) is 0 Å². The van der Waals surface area contributed by atoms with Gasteiger partial charge >= 0.3 is 0 Å². The van der Waals surface area contributed by atoms with Gasteiger partial charge in [-0.25, -0.2) is 0 Å². The van der Waals surface area contributed by atoms with Gasteiger partial charge < -0.3 is 19.6 Å². The van der Waals surface area contributed by atoms with E-state index < -0.39 is 0 Å². The summed E-state index contributed by atoms with van der Waals surface area (Å²) in [6, 6.07) is 9.00. The van der Waals surface area contributed by atoms with Gasteiger partial charge in [-0.15, -0.1) is 0 Å². The van der Waals surface area contributed by atoms with Crippen molar-refractivity contribution in [3.05, 3.63) is 47.7 Å². The minimum Gasteiger partial charge on any atom is -0.363 e. The molecule has 1 fully saturated rings. The Balaban J connectivity index is 1.65. The van der Waals surface area contributed by atoms with Gasteiger partial charge in [0, 0.05) is 24.7 Å². The second-order valence-corrected chi connectivity index (χ2v) is 6.93. The van der Waals surface area contributed by atoms with E-state index in [2.05, 4.69) is 15.4 Å². The Kier molecular flexibility index (Phi) is 6.59. The molecule has 0 saturated carbocycles. The number of benzene rings is 1. The largest absolute Gasteiger partial charge is 0.363 e. The standard InChI is InChI=1S/C20H26N4O3/c1-16-5-7-17(8-6-16)20(26)24(13-12-23-10-3-2-4-11-23)15-19(25)21-18-9-14-27-22-18/h5-9,14H,2-4,10-13,15H2,1H3,(H,21,22,25). The highest BCUT2D eigenvalue weighted by molar-refractivity contribution is 5.99. The van der Waals surface area contributed by atoms with Gasteiger partial charge in [0.15, 0.2) is 5.82 Å². The third kappa shape index (κ3) is 5.65. The van der Waals surface area contributed by atoms with Crippen molar-refractivity contribution in [2.75, 3.05) is 38.0 Å². The molecule has 2 amide bonds. The van der Waals surface area contributed by atoms with Gasteiger partial charge in [0.05, 0.1) is 0 Å². The minimum atomic E-state index is -0.289. The first-order valence-corrected chi connectivity index (χ1v) is 9.40. The second-order valence-electron chi connectivity index (χ2n) is 6.93. The fourth-order valence-corrected chi connectivity index (χ4v) is 3.21. The van der Waals surface area contributed by atoms with Gasteiger partial charge in [-0.2, -0.15) is 0 Å². The Morgan fingerprint density at radius 3 is 2.56 bits per heavy atom. The summed E-state index contributed by atoms with van der Waals surface area (Å²) >= 11 is 0. The van der Waals surface area contributed by atoms with Crippen LogP contribution in [0.5, 0.6) is 0 Å². The molecule has 1 aromatic carbocycles. The molecule has 0 aliphatic carbocycles. The van der Waals surface area contributed by atoms with E-state index in [1.807, 2.05) is 19.1 Å². The van der Waals surface area contributed by atoms with Crippen LogP contribution in [0, 0.1) is 6.92 Å². The Morgan fingerprint density at radius 2 is 1.89 bits per heavy atom. The molecule has 144 valence electrons. The van der Waals surface area contributed by atoms with Crippen LogP contribution in [0.25, 0.3) is 0 Å². The van der Waals surface area contributed by atoms with Crippen LogP contribution < -0.4 is 5.32 Å². The number of nitrogens with zero attached hydrogens (tertiary/aromatic N) is 3. The molecule has 0 atom stereocenters. The highest BCUT2D eigenvalue weighted by Crippen LogP contribution is 2.11. The molecule has 2 aromatic rings. The highest BCUT2D eigenvalue weighted by atomic mass is 16.5. The first kappa shape index (κ1) is 19.1. The van der Waals surface area contributed by atoms with Crippen molar-refractivity contribution in [3.8, 4) is 0 Å². The molecule has 0 radical (unpaired) electrons. The minimum absolute atomic E-state index is 0.0204. The normalized spacial score (nSPS) is 14.7. The summed E-state index contributed by atoms with van der Waals surface area (Å²) < 4.78 is 4.72. The average molecular weight is 370 g/mol. The van der Waals surface area contributed by atoms with Gasteiger partial charge in [0.2, 0.25) is 5.91 Å². The molecule has 1 aromatic heterocycles. The van der Waals surface area contributed by atoms with Crippen LogP contribution >= 0.6 is 0 Å². The number of likely N-dealkylation sites (tertiary alicyclic amines) is 1. The highest BCUT2D eigenvalue weighted by Gasteiger charge is 2.21. The van der Waals surface area contributed by atoms with E-state index in [0.717, 1.165) is 25.2 Å². The predicted molar refractivity (Wildman–Crippen MR) is 103 cm³/mol. The summed E-state index contributed by atoms with van der Waals surface area (Å²) in [6.45, 7) is 5.35. The third-order valence-electron chi connectivity index (χ3n) is 4.76. The fraction of sp³-hybridized carbons (Fsp3) is 0.450. The number of aromatic nitrogens is 1. The molecule has 1 saturated heterocycles. The second kappa shape index (κ2) is 9.32. The summed E-state index contributed by atoms with van der Waals surface area (Å²) in [5, 5.41) is 6.33. The van der Waals surface area contributed by atoms with Crippen molar-refractivity contribution in [1.82, 2.24) is 15.0 Å². The molecule has 7 nitrogen and oxygen atoms in total. The number of piperidine rings is 1. The lowest BCUT2D eigenvalue weighted by Crippen LogP contribution is -2.43. The Hall–Kier alpha value is -2.67. The molecule has 1 aliphatic rings. The van der Waals surface area contributed by atoms with Gasteiger partial charge in [-0.1, -0.05) is 29.3 Å². The fourth-order valence-electron chi connectivity index (χ4n) is 3.21. The molecule has 2 heterocycles. The van der Waals surface area contributed by atoms with Gasteiger partial charge in [-0.05, 0) is 45.0 Å². The number of carbonyl (C=O) groups is 2. The number of carbonyl (C=O) groups excluding carboxylic acids is 2. The number of rotatable bonds is 7. The van der Waals surface area contributed by atoms with E-state index in [1.54, 1.807) is 23.1 Å². The van der Waals surface area contributed by atoms with Gasteiger partial charge in [0.1, 0.15) is 12.8 Å². The van der Waals surface area contributed by atoms with Crippen molar-refractivity contribution >= 4 is 17.6 Å². The zero-order valence-electron chi connectivity index (χ0n) is 15.7. The van der Waals surface area contributed by atoms with Crippen LogP contribution in [0.4, 0.5) is 5.82 Å². The molecule has 1 aliphatic heterocycles. The van der Waals surface area contributed by atoms with Crippen molar-refractivity contribution in [2.24, 2.45) is 0 Å². The Bertz CT molecular complexity index is 737. The quantitative estimate of drug-likeness (QED) is 0.810. The molecule has 0 spiro atoms. The predicted octanol–water partition coefficient (Wildman–Crippen LogP) is 2.55. The first-order valence-electron chi connectivity index (χ1n) is 9.40.